The highest BCUT2D eigenvalue weighted by atomic mass is 15.6. The zero-order valence-electron chi connectivity index (χ0n) is 11.5. The van der Waals surface area contributed by atoms with Crippen molar-refractivity contribution < 1.29 is 0 Å². The summed E-state index contributed by atoms with van der Waals surface area (Å²) in [5, 5.41) is 15.0. The van der Waals surface area contributed by atoms with E-state index >= 15 is 0 Å². The van der Waals surface area contributed by atoms with Gasteiger partial charge in [-0.15, -0.1) is 0 Å². The van der Waals surface area contributed by atoms with E-state index in [1.54, 1.807) is 4.68 Å². The maximum Gasteiger partial charge on any atom is 0.247 e. The minimum Gasteiger partial charge on any atom is -0.399 e. The lowest BCUT2D eigenvalue weighted by Gasteiger charge is -2.07. The second-order valence-corrected chi connectivity index (χ2v) is 4.67. The number of hydrogen-bond acceptors (Lipinski definition) is 5. The molecule has 6 nitrogen and oxygen atoms in total. The molecule has 0 aliphatic carbocycles. The van der Waals surface area contributed by atoms with Gasteiger partial charge in [0.05, 0.1) is 5.69 Å². The standard InChI is InChI=1S/C15H16N6/c16-13-8-6-12(7-9-13)10-11-17-15-18-19-20-21(15)14-4-2-1-3-5-14/h1-9H,10-11,16H2,(H,17,18,20). The third-order valence-electron chi connectivity index (χ3n) is 3.15. The smallest absolute Gasteiger partial charge is 0.247 e. The van der Waals surface area contributed by atoms with E-state index < -0.39 is 0 Å². The summed E-state index contributed by atoms with van der Waals surface area (Å²) in [6.07, 6.45) is 0.877. The Morgan fingerprint density at radius 1 is 1.00 bits per heavy atom. The van der Waals surface area contributed by atoms with Crippen LogP contribution in [-0.4, -0.2) is 26.8 Å². The molecule has 21 heavy (non-hydrogen) atoms. The highest BCUT2D eigenvalue weighted by Gasteiger charge is 2.06. The lowest BCUT2D eigenvalue weighted by atomic mass is 10.1. The van der Waals surface area contributed by atoms with Crippen LogP contribution in [0.25, 0.3) is 5.69 Å². The molecule has 0 atom stereocenters. The van der Waals surface area contributed by atoms with Crippen LogP contribution in [0.4, 0.5) is 11.6 Å². The predicted molar refractivity (Wildman–Crippen MR) is 82.2 cm³/mol. The lowest BCUT2D eigenvalue weighted by molar-refractivity contribution is 0.789. The monoisotopic (exact) mass is 280 g/mol. The van der Waals surface area contributed by atoms with Gasteiger partial charge in [-0.3, -0.25) is 0 Å². The number of nitrogens with two attached hydrogens (primary N) is 1. The van der Waals surface area contributed by atoms with Crippen LogP contribution in [0.2, 0.25) is 0 Å². The largest absolute Gasteiger partial charge is 0.399 e. The van der Waals surface area contributed by atoms with Gasteiger partial charge in [0.15, 0.2) is 0 Å². The highest BCUT2D eigenvalue weighted by Crippen LogP contribution is 2.11. The van der Waals surface area contributed by atoms with E-state index in [1.807, 2.05) is 54.6 Å². The molecule has 2 aromatic carbocycles. The van der Waals surface area contributed by atoms with Crippen LogP contribution in [0, 0.1) is 0 Å². The van der Waals surface area contributed by atoms with Crippen molar-refractivity contribution in [3.05, 3.63) is 60.2 Å². The van der Waals surface area contributed by atoms with Crippen molar-refractivity contribution in [2.45, 2.75) is 6.42 Å². The molecule has 0 bridgehead atoms. The molecule has 0 unspecified atom stereocenters. The zero-order valence-corrected chi connectivity index (χ0v) is 11.5. The van der Waals surface area contributed by atoms with Crippen molar-refractivity contribution in [1.82, 2.24) is 20.2 Å². The molecule has 1 heterocycles. The second kappa shape index (κ2) is 6.04. The SMILES string of the molecule is Nc1ccc(CCNc2nnnn2-c2ccccc2)cc1. The number of nitrogens with zero attached hydrogens (tertiary/aromatic N) is 4. The number of hydrogen-bond donors (Lipinski definition) is 2. The van der Waals surface area contributed by atoms with Crippen LogP contribution < -0.4 is 11.1 Å². The summed E-state index contributed by atoms with van der Waals surface area (Å²) in [5.74, 6) is 0.636. The lowest BCUT2D eigenvalue weighted by Crippen LogP contribution is -2.10. The van der Waals surface area contributed by atoms with Gasteiger partial charge in [-0.05, 0) is 46.7 Å². The van der Waals surface area contributed by atoms with Crippen LogP contribution in [-0.2, 0) is 6.42 Å². The van der Waals surface area contributed by atoms with Crippen LogP contribution in [0.15, 0.2) is 54.6 Å². The molecule has 0 saturated heterocycles. The van der Waals surface area contributed by atoms with Crippen molar-refractivity contribution >= 4 is 11.6 Å². The van der Waals surface area contributed by atoms with E-state index in [0.29, 0.717) is 5.95 Å². The van der Waals surface area contributed by atoms with E-state index in [0.717, 1.165) is 24.3 Å². The highest BCUT2D eigenvalue weighted by molar-refractivity contribution is 5.40. The normalized spacial score (nSPS) is 10.5. The van der Waals surface area contributed by atoms with Gasteiger partial charge in [0.2, 0.25) is 5.95 Å². The molecule has 106 valence electrons. The Labute approximate surface area is 122 Å². The molecule has 3 N–H and O–H groups in total. The Bertz CT molecular complexity index is 690. The quantitative estimate of drug-likeness (QED) is 0.698. The van der Waals surface area contributed by atoms with E-state index in [-0.39, 0.29) is 0 Å². The van der Waals surface area contributed by atoms with Gasteiger partial charge in [-0.25, -0.2) is 0 Å². The first kappa shape index (κ1) is 13.1. The molecule has 3 rings (SSSR count). The van der Waals surface area contributed by atoms with Gasteiger partial charge in [0, 0.05) is 12.2 Å². The van der Waals surface area contributed by atoms with Crippen LogP contribution in [0.3, 0.4) is 0 Å². The fourth-order valence-corrected chi connectivity index (χ4v) is 2.04. The van der Waals surface area contributed by atoms with Gasteiger partial charge in [0.25, 0.3) is 0 Å². The zero-order chi connectivity index (χ0) is 14.5. The Hall–Kier alpha value is -2.89. The summed E-state index contributed by atoms with van der Waals surface area (Å²) in [6.45, 7) is 0.747. The maximum atomic E-state index is 5.67. The van der Waals surface area contributed by atoms with E-state index in [2.05, 4.69) is 20.8 Å². The first-order valence-electron chi connectivity index (χ1n) is 6.75. The minimum atomic E-state index is 0.636. The Balaban J connectivity index is 1.64. The third kappa shape index (κ3) is 3.17. The number of aromatic nitrogens is 4. The summed E-state index contributed by atoms with van der Waals surface area (Å²) in [7, 11) is 0. The first-order valence-corrected chi connectivity index (χ1v) is 6.75. The van der Waals surface area contributed by atoms with E-state index in [9.17, 15) is 0 Å². The van der Waals surface area contributed by atoms with Gasteiger partial charge < -0.3 is 11.1 Å². The molecule has 0 fully saturated rings. The third-order valence-corrected chi connectivity index (χ3v) is 3.15. The molecule has 0 spiro atoms. The molecular formula is C15H16N6. The van der Waals surface area contributed by atoms with Crippen LogP contribution in [0.1, 0.15) is 5.56 Å². The molecule has 0 saturated carbocycles. The van der Waals surface area contributed by atoms with E-state index in [1.165, 1.54) is 5.56 Å². The van der Waals surface area contributed by atoms with Crippen molar-refractivity contribution in [2.24, 2.45) is 0 Å². The fourth-order valence-electron chi connectivity index (χ4n) is 2.04. The van der Waals surface area contributed by atoms with Gasteiger partial charge in [-0.1, -0.05) is 35.4 Å². The Morgan fingerprint density at radius 3 is 2.52 bits per heavy atom. The summed E-state index contributed by atoms with van der Waals surface area (Å²) >= 11 is 0. The number of rotatable bonds is 5. The Kier molecular flexibility index (Phi) is 3.77. The number of para-hydroxylation sites is 1. The molecule has 0 radical (unpaired) electrons. The van der Waals surface area contributed by atoms with Crippen LogP contribution in [0.5, 0.6) is 0 Å². The van der Waals surface area contributed by atoms with Crippen molar-refractivity contribution in [3.63, 3.8) is 0 Å². The second-order valence-electron chi connectivity index (χ2n) is 4.67. The number of nitrogens with one attached hydrogen (secondary N) is 1. The van der Waals surface area contributed by atoms with Gasteiger partial charge in [0.1, 0.15) is 0 Å². The molecule has 0 amide bonds. The number of nitrogen functional groups attached to an aromatic ring is 1. The van der Waals surface area contributed by atoms with Crippen molar-refractivity contribution in [3.8, 4) is 5.69 Å². The van der Waals surface area contributed by atoms with Crippen molar-refractivity contribution in [1.29, 1.82) is 0 Å². The van der Waals surface area contributed by atoms with E-state index in [4.69, 9.17) is 5.73 Å². The Morgan fingerprint density at radius 2 is 1.76 bits per heavy atom. The summed E-state index contributed by atoms with van der Waals surface area (Å²) in [6, 6.07) is 17.6. The first-order chi connectivity index (χ1) is 10.3. The average molecular weight is 280 g/mol. The fraction of sp³-hybridized carbons (Fsp3) is 0.133. The number of tetrazole rings is 1. The molecule has 0 aliphatic rings. The molecule has 1 aromatic heterocycles. The number of anilines is 2. The van der Waals surface area contributed by atoms with Gasteiger partial charge in [-0.2, -0.15) is 4.68 Å². The topological polar surface area (TPSA) is 81.7 Å². The van der Waals surface area contributed by atoms with Crippen LogP contribution >= 0.6 is 0 Å². The number of benzene rings is 2. The summed E-state index contributed by atoms with van der Waals surface area (Å²) in [5.41, 5.74) is 8.60. The molecular weight excluding hydrogens is 264 g/mol. The predicted octanol–water partition coefficient (Wildman–Crippen LogP) is 1.90. The maximum absolute atomic E-state index is 5.67. The average Bonchev–Trinajstić information content (AvgIpc) is 2.99. The van der Waals surface area contributed by atoms with Gasteiger partial charge >= 0.3 is 0 Å². The van der Waals surface area contributed by atoms with Crippen molar-refractivity contribution in [2.75, 3.05) is 17.6 Å². The molecule has 6 heteroatoms. The molecule has 3 aromatic rings. The summed E-state index contributed by atoms with van der Waals surface area (Å²) < 4.78 is 1.68. The minimum absolute atomic E-state index is 0.636. The summed E-state index contributed by atoms with van der Waals surface area (Å²) in [4.78, 5) is 0. The molecule has 0 aliphatic heterocycles.